The van der Waals surface area contributed by atoms with Crippen molar-refractivity contribution in [1.82, 2.24) is 4.98 Å². The van der Waals surface area contributed by atoms with Gasteiger partial charge in [-0.3, -0.25) is 0 Å². The highest BCUT2D eigenvalue weighted by atomic mass is 35.7. The number of halogens is 1. The second kappa shape index (κ2) is 5.67. The Hall–Kier alpha value is -0.810. The van der Waals surface area contributed by atoms with E-state index in [0.717, 1.165) is 25.2 Å². The summed E-state index contributed by atoms with van der Waals surface area (Å²) in [6.07, 6.45) is 4.57. The fourth-order valence-corrected chi connectivity index (χ4v) is 3.04. The zero-order valence-electron chi connectivity index (χ0n) is 11.0. The lowest BCUT2D eigenvalue weighted by molar-refractivity contribution is 0.0964. The minimum atomic E-state index is -3.71. The second-order valence-corrected chi connectivity index (χ2v) is 7.84. The highest BCUT2D eigenvalue weighted by Crippen LogP contribution is 2.31. The SMILES string of the molecule is CC1CCC(Oc2ccc(S(=O)(=O)Cl)cn2)CC1C. The molecule has 19 heavy (non-hydrogen) atoms. The molecule has 0 amide bonds. The molecule has 1 aromatic heterocycles. The number of hydrogen-bond donors (Lipinski definition) is 0. The first-order valence-electron chi connectivity index (χ1n) is 6.43. The van der Waals surface area contributed by atoms with Gasteiger partial charge in [-0.2, -0.15) is 0 Å². The number of nitrogens with zero attached hydrogens (tertiary/aromatic N) is 1. The second-order valence-electron chi connectivity index (χ2n) is 5.28. The van der Waals surface area contributed by atoms with E-state index >= 15 is 0 Å². The summed E-state index contributed by atoms with van der Waals surface area (Å²) in [5.74, 6) is 1.83. The van der Waals surface area contributed by atoms with Crippen molar-refractivity contribution < 1.29 is 13.2 Å². The summed E-state index contributed by atoms with van der Waals surface area (Å²) in [6, 6.07) is 2.97. The number of pyridine rings is 1. The highest BCUT2D eigenvalue weighted by Gasteiger charge is 2.26. The smallest absolute Gasteiger partial charge is 0.262 e. The zero-order valence-corrected chi connectivity index (χ0v) is 12.6. The molecule has 1 heterocycles. The van der Waals surface area contributed by atoms with Gasteiger partial charge in [-0.25, -0.2) is 13.4 Å². The molecular formula is C13H18ClNO3S. The van der Waals surface area contributed by atoms with Crippen LogP contribution in [0.2, 0.25) is 0 Å². The van der Waals surface area contributed by atoms with Crippen molar-refractivity contribution in [3.05, 3.63) is 18.3 Å². The van der Waals surface area contributed by atoms with Gasteiger partial charge in [-0.15, -0.1) is 0 Å². The van der Waals surface area contributed by atoms with E-state index in [4.69, 9.17) is 15.4 Å². The standard InChI is InChI=1S/C13H18ClNO3S/c1-9-3-4-11(7-10(9)2)18-13-6-5-12(8-15-13)19(14,16)17/h5-6,8-11H,3-4,7H2,1-2H3. The van der Waals surface area contributed by atoms with Crippen LogP contribution in [0, 0.1) is 11.8 Å². The normalized spacial score (nSPS) is 28.1. The monoisotopic (exact) mass is 303 g/mol. The summed E-state index contributed by atoms with van der Waals surface area (Å²) < 4.78 is 28.0. The fourth-order valence-electron chi connectivity index (χ4n) is 2.36. The number of aromatic nitrogens is 1. The van der Waals surface area contributed by atoms with Gasteiger partial charge in [0, 0.05) is 16.7 Å². The molecule has 2 rings (SSSR count). The van der Waals surface area contributed by atoms with Crippen LogP contribution in [-0.4, -0.2) is 19.5 Å². The Morgan fingerprint density at radius 1 is 1.26 bits per heavy atom. The third kappa shape index (κ3) is 3.83. The predicted molar refractivity (Wildman–Crippen MR) is 73.9 cm³/mol. The molecule has 0 aliphatic heterocycles. The molecule has 1 aliphatic rings. The van der Waals surface area contributed by atoms with Crippen molar-refractivity contribution in [2.45, 2.75) is 44.1 Å². The number of rotatable bonds is 3. The van der Waals surface area contributed by atoms with Crippen LogP contribution in [0.15, 0.2) is 23.2 Å². The van der Waals surface area contributed by atoms with E-state index in [1.54, 1.807) is 6.07 Å². The van der Waals surface area contributed by atoms with E-state index in [-0.39, 0.29) is 11.0 Å². The van der Waals surface area contributed by atoms with Gasteiger partial charge in [0.15, 0.2) is 0 Å². The van der Waals surface area contributed by atoms with E-state index in [1.807, 2.05) is 0 Å². The number of ether oxygens (including phenoxy) is 1. The summed E-state index contributed by atoms with van der Waals surface area (Å²) in [7, 11) is 1.51. The minimum absolute atomic E-state index is 0.00727. The molecule has 4 nitrogen and oxygen atoms in total. The first kappa shape index (κ1) is 14.6. The summed E-state index contributed by atoms with van der Waals surface area (Å²) in [6.45, 7) is 4.50. The van der Waals surface area contributed by atoms with E-state index < -0.39 is 9.05 Å². The first-order chi connectivity index (χ1) is 8.86. The Kier molecular flexibility index (Phi) is 4.36. The van der Waals surface area contributed by atoms with Gasteiger partial charge in [-0.1, -0.05) is 13.8 Å². The van der Waals surface area contributed by atoms with E-state index in [1.165, 1.54) is 12.3 Å². The lowest BCUT2D eigenvalue weighted by Gasteiger charge is -2.31. The van der Waals surface area contributed by atoms with Crippen molar-refractivity contribution in [1.29, 1.82) is 0 Å². The summed E-state index contributed by atoms with van der Waals surface area (Å²) >= 11 is 0. The molecule has 106 valence electrons. The van der Waals surface area contributed by atoms with Crippen LogP contribution in [0.1, 0.15) is 33.1 Å². The van der Waals surface area contributed by atoms with Crippen LogP contribution in [0.3, 0.4) is 0 Å². The Balaban J connectivity index is 2.00. The van der Waals surface area contributed by atoms with Gasteiger partial charge in [0.25, 0.3) is 9.05 Å². The van der Waals surface area contributed by atoms with E-state index in [9.17, 15) is 8.42 Å². The molecule has 0 aromatic carbocycles. The highest BCUT2D eigenvalue weighted by molar-refractivity contribution is 8.13. The lowest BCUT2D eigenvalue weighted by Crippen LogP contribution is -2.29. The Morgan fingerprint density at radius 3 is 2.53 bits per heavy atom. The van der Waals surface area contributed by atoms with Crippen molar-refractivity contribution in [3.8, 4) is 5.88 Å². The van der Waals surface area contributed by atoms with Crippen LogP contribution in [0.4, 0.5) is 0 Å². The quantitative estimate of drug-likeness (QED) is 0.805. The maximum Gasteiger partial charge on any atom is 0.262 e. The van der Waals surface area contributed by atoms with Gasteiger partial charge in [0.1, 0.15) is 11.0 Å². The average Bonchev–Trinajstić information content (AvgIpc) is 2.33. The molecule has 3 atom stereocenters. The Bertz CT molecular complexity index is 529. The Labute approximate surface area is 118 Å². The van der Waals surface area contributed by atoms with Crippen LogP contribution >= 0.6 is 10.7 Å². The van der Waals surface area contributed by atoms with Crippen LogP contribution in [0.25, 0.3) is 0 Å². The van der Waals surface area contributed by atoms with Crippen LogP contribution in [-0.2, 0) is 9.05 Å². The molecule has 0 spiro atoms. The molecule has 6 heteroatoms. The zero-order chi connectivity index (χ0) is 14.0. The summed E-state index contributed by atoms with van der Waals surface area (Å²) in [4.78, 5) is 3.99. The third-order valence-electron chi connectivity index (χ3n) is 3.83. The van der Waals surface area contributed by atoms with Gasteiger partial charge >= 0.3 is 0 Å². The molecule has 0 radical (unpaired) electrons. The maximum absolute atomic E-state index is 11.1. The average molecular weight is 304 g/mol. The van der Waals surface area contributed by atoms with Crippen molar-refractivity contribution >= 4 is 19.7 Å². The molecule has 0 N–H and O–H groups in total. The fraction of sp³-hybridized carbons (Fsp3) is 0.615. The molecule has 1 aromatic rings. The number of hydrogen-bond acceptors (Lipinski definition) is 4. The van der Waals surface area contributed by atoms with Crippen molar-refractivity contribution in [2.75, 3.05) is 0 Å². The van der Waals surface area contributed by atoms with Gasteiger partial charge in [0.2, 0.25) is 5.88 Å². The first-order valence-corrected chi connectivity index (χ1v) is 8.74. The maximum atomic E-state index is 11.1. The van der Waals surface area contributed by atoms with E-state index in [0.29, 0.717) is 11.8 Å². The third-order valence-corrected chi connectivity index (χ3v) is 5.17. The van der Waals surface area contributed by atoms with Gasteiger partial charge in [0.05, 0.1) is 6.20 Å². The summed E-state index contributed by atoms with van der Waals surface area (Å²) in [5, 5.41) is 0. The molecule has 0 bridgehead atoms. The predicted octanol–water partition coefficient (Wildman–Crippen LogP) is 3.21. The van der Waals surface area contributed by atoms with Gasteiger partial charge < -0.3 is 4.74 Å². The molecule has 1 aliphatic carbocycles. The van der Waals surface area contributed by atoms with Crippen molar-refractivity contribution in [3.63, 3.8) is 0 Å². The van der Waals surface area contributed by atoms with E-state index in [2.05, 4.69) is 18.8 Å². The van der Waals surface area contributed by atoms with Gasteiger partial charge in [-0.05, 0) is 37.2 Å². The molecule has 1 fully saturated rings. The molecular weight excluding hydrogens is 286 g/mol. The van der Waals surface area contributed by atoms with Crippen LogP contribution in [0.5, 0.6) is 5.88 Å². The van der Waals surface area contributed by atoms with Crippen LogP contribution < -0.4 is 4.74 Å². The summed E-state index contributed by atoms with van der Waals surface area (Å²) in [5.41, 5.74) is 0. The molecule has 3 unspecified atom stereocenters. The topological polar surface area (TPSA) is 56.3 Å². The minimum Gasteiger partial charge on any atom is -0.474 e. The lowest BCUT2D eigenvalue weighted by atomic mass is 9.80. The van der Waals surface area contributed by atoms with Crippen molar-refractivity contribution in [2.24, 2.45) is 11.8 Å². The Morgan fingerprint density at radius 2 is 2.00 bits per heavy atom. The largest absolute Gasteiger partial charge is 0.474 e. The molecule has 0 saturated heterocycles. The molecule has 1 saturated carbocycles.